The van der Waals surface area contributed by atoms with Gasteiger partial charge in [-0.1, -0.05) is 26.0 Å². The van der Waals surface area contributed by atoms with Crippen molar-refractivity contribution in [1.82, 2.24) is 30.2 Å². The number of allylic oxidation sites excluding steroid dienone is 2. The number of aliphatic hydroxyl groups excluding tert-OH is 3. The number of nitrogen functional groups attached to an aromatic ring is 1. The van der Waals surface area contributed by atoms with E-state index in [1.54, 1.807) is 0 Å². The van der Waals surface area contributed by atoms with E-state index < -0.39 is 89.9 Å². The molecule has 26 nitrogen and oxygen atoms in total. The molecule has 2 aromatic rings. The summed E-state index contributed by atoms with van der Waals surface area (Å²) in [6.07, 6.45) is 0.740. The van der Waals surface area contributed by atoms with Crippen molar-refractivity contribution in [3.63, 3.8) is 0 Å². The van der Waals surface area contributed by atoms with E-state index in [1.165, 1.54) is 20.3 Å². The smallest absolute Gasteiger partial charge is 0.473 e. The minimum Gasteiger partial charge on any atom is -0.473 e. The van der Waals surface area contributed by atoms with Crippen LogP contribution in [0.3, 0.4) is 0 Å². The molecule has 0 saturated carbocycles. The van der Waals surface area contributed by atoms with Gasteiger partial charge in [-0.05, 0) is 36.9 Å². The topological polar surface area (TPSA) is 404 Å². The van der Waals surface area contributed by atoms with Crippen LogP contribution >= 0.6 is 35.2 Å². The van der Waals surface area contributed by atoms with Gasteiger partial charge in [-0.15, -0.1) is 0 Å². The Kier molecular flexibility index (Phi) is 19.0. The van der Waals surface area contributed by atoms with Crippen LogP contribution in [-0.4, -0.2) is 140 Å². The predicted octanol–water partition coefficient (Wildman–Crippen LogP) is 0.151. The van der Waals surface area contributed by atoms with Crippen molar-refractivity contribution in [2.75, 3.05) is 44.4 Å². The monoisotopic (exact) mass is 923 g/mol. The summed E-state index contributed by atoms with van der Waals surface area (Å²) in [6.45, 7) is 0.603. The van der Waals surface area contributed by atoms with Crippen molar-refractivity contribution in [3.8, 4) is 0 Å². The molecule has 8 atom stereocenters. The first-order chi connectivity index (χ1) is 27.4. The number of carbonyl (C=O) groups is 3. The second-order valence-corrected chi connectivity index (χ2v) is 18.8. The van der Waals surface area contributed by atoms with Crippen molar-refractivity contribution < 1.29 is 90.7 Å². The maximum Gasteiger partial charge on any atom is 0.481 e. The first kappa shape index (κ1) is 50.4. The number of imidazole rings is 1. The number of ether oxygens (including phenoxy) is 1. The number of aromatic nitrogens is 4. The van der Waals surface area contributed by atoms with E-state index in [0.717, 1.165) is 30.1 Å². The van der Waals surface area contributed by atoms with Gasteiger partial charge < -0.3 is 61.1 Å². The van der Waals surface area contributed by atoms with E-state index in [4.69, 9.17) is 29.7 Å². The van der Waals surface area contributed by atoms with Gasteiger partial charge in [0.05, 0.1) is 19.5 Å². The Balaban J connectivity index is 0.00000103. The largest absolute Gasteiger partial charge is 0.481 e. The number of fused-ring (bicyclic) bond motifs is 1. The molecule has 0 bridgehead atoms. The minimum absolute atomic E-state index is 0.0246. The molecule has 1 aliphatic heterocycles. The van der Waals surface area contributed by atoms with Crippen LogP contribution in [0.25, 0.3) is 11.2 Å². The quantitative estimate of drug-likeness (QED) is 0.0478. The molecule has 3 unspecified atom stereocenters. The summed E-state index contributed by atoms with van der Waals surface area (Å²) in [5.41, 5.74) is 4.22. The standard InChI is InChI=1S/C22H36N7O18P3S.C7H12O/c1-22(2,16(32)19(33)25-4-3-12(30)24-5-6-51-21(34)35)8-44-50(41,42)47-49(39,40)43-7-11-15(46-48(36,37)38)14(31)20(45-11)29-10-28-13-17(23)26-9-27-18(13)29;8-6-7-4-2-1-3-5-7/h9-11,14-16,20,31-32H,3-8H2,1-2H3,(H,24,30)(H,25,33)(H,34,35)(H,39,40)(H,41,42)(H2,23,26,27)(H2,36,37,38);1-2,7-8H,3-6H2/t11-,14-,15-,16+,20-;/m1./s1. The fourth-order valence-corrected chi connectivity index (χ4v) is 8.50. The number of nitrogens with one attached hydrogen (secondary N) is 2. The zero-order chi connectivity index (χ0) is 44.2. The van der Waals surface area contributed by atoms with Crippen LogP contribution in [0.15, 0.2) is 24.8 Å². The molecule has 2 amide bonds. The average Bonchev–Trinajstić information content (AvgIpc) is 3.72. The van der Waals surface area contributed by atoms with Crippen LogP contribution in [0.2, 0.25) is 0 Å². The third-order valence-electron chi connectivity index (χ3n) is 8.36. The number of anilines is 1. The zero-order valence-electron chi connectivity index (χ0n) is 31.5. The van der Waals surface area contributed by atoms with Gasteiger partial charge in [0.1, 0.15) is 36.3 Å². The number of hydrogen-bond acceptors (Lipinski definition) is 19. The number of thioether (sulfide) groups is 1. The molecule has 30 heteroatoms. The maximum absolute atomic E-state index is 12.6. The molecule has 3 heterocycles. The Morgan fingerprint density at radius 2 is 1.76 bits per heavy atom. The van der Waals surface area contributed by atoms with Crippen LogP contribution in [0, 0.1) is 11.3 Å². The Labute approximate surface area is 340 Å². The van der Waals surface area contributed by atoms with Gasteiger partial charge in [0.2, 0.25) is 11.8 Å². The highest BCUT2D eigenvalue weighted by atomic mass is 32.2. The SMILES string of the molecule is CC(C)(COP(=O)(O)OP(=O)(O)OC[C@H]1O[C@@H](n2cnc3c(N)ncnc32)[C@H](O)[C@@H]1OP(=O)(O)O)[C@@H](O)C(=O)NCCC(=O)NCCSC(=O)O.OCC1CC=CCC1. The van der Waals surface area contributed by atoms with E-state index in [2.05, 4.69) is 46.6 Å². The van der Waals surface area contributed by atoms with Crippen molar-refractivity contribution in [2.24, 2.45) is 11.3 Å². The van der Waals surface area contributed by atoms with Gasteiger partial charge in [-0.3, -0.25) is 27.7 Å². The highest BCUT2D eigenvalue weighted by Gasteiger charge is 2.50. The highest BCUT2D eigenvalue weighted by Crippen LogP contribution is 2.61. The van der Waals surface area contributed by atoms with Gasteiger partial charge in [-0.2, -0.15) is 4.31 Å². The fraction of sp³-hybridized carbons (Fsp3) is 0.655. The van der Waals surface area contributed by atoms with E-state index in [-0.39, 0.29) is 42.2 Å². The Morgan fingerprint density at radius 1 is 1.07 bits per heavy atom. The van der Waals surface area contributed by atoms with Gasteiger partial charge in [0.25, 0.3) is 0 Å². The number of phosphoric acid groups is 3. The third-order valence-corrected chi connectivity index (χ3v) is 12.1. The van der Waals surface area contributed by atoms with Crippen molar-refractivity contribution in [1.29, 1.82) is 0 Å². The molecule has 334 valence electrons. The van der Waals surface area contributed by atoms with Crippen molar-refractivity contribution >= 4 is 69.3 Å². The van der Waals surface area contributed by atoms with E-state index in [0.29, 0.717) is 24.3 Å². The number of nitrogens with zero attached hydrogens (tertiary/aromatic N) is 4. The molecular weight excluding hydrogens is 875 g/mol. The van der Waals surface area contributed by atoms with Crippen LogP contribution in [0.1, 0.15) is 45.8 Å². The first-order valence-electron chi connectivity index (χ1n) is 17.5. The lowest BCUT2D eigenvalue weighted by Gasteiger charge is -2.30. The molecule has 0 spiro atoms. The van der Waals surface area contributed by atoms with Gasteiger partial charge in [0.15, 0.2) is 17.7 Å². The van der Waals surface area contributed by atoms with E-state index in [9.17, 15) is 57.9 Å². The number of carbonyl (C=O) groups excluding carboxylic acids is 2. The van der Waals surface area contributed by atoms with E-state index in [1.807, 2.05) is 0 Å². The number of rotatable bonds is 20. The van der Waals surface area contributed by atoms with Crippen LogP contribution < -0.4 is 16.4 Å². The minimum atomic E-state index is -5.57. The number of hydrogen-bond donors (Lipinski definition) is 11. The van der Waals surface area contributed by atoms with Crippen molar-refractivity contribution in [2.45, 2.75) is 70.2 Å². The lowest BCUT2D eigenvalue weighted by molar-refractivity contribution is -0.137. The third kappa shape index (κ3) is 16.5. The van der Waals surface area contributed by atoms with E-state index >= 15 is 0 Å². The summed E-state index contributed by atoms with van der Waals surface area (Å²) in [5.74, 6) is -0.900. The summed E-state index contributed by atoms with van der Waals surface area (Å²) < 4.78 is 61.7. The molecule has 2 aromatic heterocycles. The predicted molar refractivity (Wildman–Crippen MR) is 204 cm³/mol. The number of phosphoric ester groups is 3. The fourth-order valence-electron chi connectivity index (χ4n) is 5.29. The molecule has 1 fully saturated rings. The highest BCUT2D eigenvalue weighted by molar-refractivity contribution is 8.13. The summed E-state index contributed by atoms with van der Waals surface area (Å²) in [5, 5.41) is 42.1. The summed E-state index contributed by atoms with van der Waals surface area (Å²) in [7, 11) is -16.4. The number of aliphatic hydroxyl groups is 3. The molecule has 4 rings (SSSR count). The molecule has 1 saturated heterocycles. The lowest BCUT2D eigenvalue weighted by Crippen LogP contribution is -2.46. The summed E-state index contributed by atoms with van der Waals surface area (Å²) >= 11 is 0.581. The van der Waals surface area contributed by atoms with Gasteiger partial charge in [0, 0.05) is 37.3 Å². The average molecular weight is 924 g/mol. The second-order valence-electron chi connectivity index (χ2n) is 13.5. The van der Waals surface area contributed by atoms with Gasteiger partial charge in [-0.25, -0.2) is 33.4 Å². The molecule has 1 aliphatic carbocycles. The molecule has 2 aliphatic rings. The number of nitrogens with two attached hydrogens (primary N) is 1. The first-order valence-corrected chi connectivity index (χ1v) is 23.0. The Morgan fingerprint density at radius 3 is 2.37 bits per heavy atom. The molecule has 12 N–H and O–H groups in total. The number of amides is 2. The van der Waals surface area contributed by atoms with Crippen LogP contribution in [-0.2, 0) is 45.9 Å². The van der Waals surface area contributed by atoms with Crippen LogP contribution in [0.5, 0.6) is 0 Å². The maximum atomic E-state index is 12.6. The normalized spacial score (nSPS) is 23.4. The second kappa shape index (κ2) is 22.2. The van der Waals surface area contributed by atoms with Crippen molar-refractivity contribution in [3.05, 3.63) is 24.8 Å². The molecular formula is C29H48N7O19P3S. The number of carboxylic acid groups (broad SMARTS) is 1. The Hall–Kier alpha value is -2.94. The molecule has 59 heavy (non-hydrogen) atoms. The van der Waals surface area contributed by atoms with Gasteiger partial charge >= 0.3 is 28.8 Å². The molecule has 0 radical (unpaired) electrons. The summed E-state index contributed by atoms with van der Waals surface area (Å²) in [4.78, 5) is 85.3. The summed E-state index contributed by atoms with van der Waals surface area (Å²) in [6, 6.07) is 0. The lowest BCUT2D eigenvalue weighted by atomic mass is 9.87. The zero-order valence-corrected chi connectivity index (χ0v) is 35.0. The molecule has 0 aromatic carbocycles. The Bertz CT molecular complexity index is 1920. The van der Waals surface area contributed by atoms with Crippen LogP contribution in [0.4, 0.5) is 10.6 Å².